The minimum atomic E-state index is -0.330. The highest BCUT2D eigenvalue weighted by Crippen LogP contribution is 2.30. The number of rotatable bonds is 5. The third-order valence-corrected chi connectivity index (χ3v) is 3.60. The summed E-state index contributed by atoms with van der Waals surface area (Å²) in [6.45, 7) is 7.88. The molecule has 4 nitrogen and oxygen atoms in total. The smallest absolute Gasteiger partial charge is 0.272 e. The van der Waals surface area contributed by atoms with Crippen molar-refractivity contribution in [3.05, 3.63) is 38.9 Å². The molecule has 0 spiro atoms. The van der Waals surface area contributed by atoms with Crippen molar-refractivity contribution in [1.29, 1.82) is 0 Å². The van der Waals surface area contributed by atoms with E-state index in [-0.39, 0.29) is 16.7 Å². The Hall–Kier alpha value is -1.42. The largest absolute Gasteiger partial charge is 0.324 e. The van der Waals surface area contributed by atoms with Crippen LogP contribution in [-0.2, 0) is 0 Å². The number of hydrogen-bond acceptors (Lipinski definition) is 3. The number of aryl methyl sites for hydroxylation is 1. The third-order valence-electron chi connectivity index (χ3n) is 3.60. The summed E-state index contributed by atoms with van der Waals surface area (Å²) in [6.07, 6.45) is 2.10. The van der Waals surface area contributed by atoms with E-state index in [2.05, 4.69) is 13.8 Å². The number of nitrogens with zero attached hydrogens (tertiary/aromatic N) is 1. The maximum Gasteiger partial charge on any atom is 0.272 e. The van der Waals surface area contributed by atoms with Crippen molar-refractivity contribution in [2.24, 2.45) is 11.7 Å². The third kappa shape index (κ3) is 3.07. The second-order valence-electron chi connectivity index (χ2n) is 5.03. The van der Waals surface area contributed by atoms with E-state index in [4.69, 9.17) is 5.73 Å². The Morgan fingerprint density at radius 3 is 2.50 bits per heavy atom. The van der Waals surface area contributed by atoms with Gasteiger partial charge in [-0.25, -0.2) is 0 Å². The molecule has 100 valence electrons. The Labute approximate surface area is 108 Å². The van der Waals surface area contributed by atoms with E-state index < -0.39 is 0 Å². The molecule has 0 aromatic heterocycles. The van der Waals surface area contributed by atoms with Crippen LogP contribution in [0.25, 0.3) is 0 Å². The SMILES string of the molecule is CCCC(C)C(N)c1cc(C)c(C)c([N+](=O)[O-])c1. The lowest BCUT2D eigenvalue weighted by Gasteiger charge is -2.20. The van der Waals surface area contributed by atoms with Gasteiger partial charge in [-0.1, -0.05) is 26.3 Å². The number of hydrogen-bond donors (Lipinski definition) is 1. The zero-order valence-electron chi connectivity index (χ0n) is 11.6. The quantitative estimate of drug-likeness (QED) is 0.640. The second kappa shape index (κ2) is 5.96. The van der Waals surface area contributed by atoms with Crippen LogP contribution in [0.2, 0.25) is 0 Å². The first-order valence-corrected chi connectivity index (χ1v) is 6.39. The van der Waals surface area contributed by atoms with Crippen molar-refractivity contribution in [3.63, 3.8) is 0 Å². The van der Waals surface area contributed by atoms with Crippen molar-refractivity contribution in [3.8, 4) is 0 Å². The number of nitro benzene ring substituents is 1. The van der Waals surface area contributed by atoms with Crippen LogP contribution in [0.5, 0.6) is 0 Å². The molecule has 4 heteroatoms. The van der Waals surface area contributed by atoms with Crippen LogP contribution < -0.4 is 5.73 Å². The molecule has 0 saturated heterocycles. The van der Waals surface area contributed by atoms with Gasteiger partial charge in [-0.05, 0) is 37.3 Å². The predicted molar refractivity (Wildman–Crippen MR) is 73.6 cm³/mol. The first-order valence-electron chi connectivity index (χ1n) is 6.39. The van der Waals surface area contributed by atoms with Crippen LogP contribution in [0.4, 0.5) is 5.69 Å². The highest BCUT2D eigenvalue weighted by molar-refractivity contribution is 5.48. The van der Waals surface area contributed by atoms with Crippen molar-refractivity contribution >= 4 is 5.69 Å². The molecule has 2 N–H and O–H groups in total. The molecule has 18 heavy (non-hydrogen) atoms. The lowest BCUT2D eigenvalue weighted by molar-refractivity contribution is -0.385. The van der Waals surface area contributed by atoms with Crippen LogP contribution in [-0.4, -0.2) is 4.92 Å². The van der Waals surface area contributed by atoms with E-state index in [0.717, 1.165) is 29.5 Å². The molecule has 0 fully saturated rings. The first-order chi connectivity index (χ1) is 8.38. The molecule has 0 bridgehead atoms. The lowest BCUT2D eigenvalue weighted by atomic mass is 9.89. The summed E-state index contributed by atoms with van der Waals surface area (Å²) in [4.78, 5) is 10.7. The van der Waals surface area contributed by atoms with Crippen molar-refractivity contribution in [2.45, 2.75) is 46.6 Å². The van der Waals surface area contributed by atoms with Crippen molar-refractivity contribution in [2.75, 3.05) is 0 Å². The molecular formula is C14H22N2O2. The van der Waals surface area contributed by atoms with Gasteiger partial charge in [0.1, 0.15) is 0 Å². The Bertz CT molecular complexity index is 444. The van der Waals surface area contributed by atoms with Crippen molar-refractivity contribution in [1.82, 2.24) is 0 Å². The average Bonchev–Trinajstić information content (AvgIpc) is 2.31. The maximum atomic E-state index is 11.0. The highest BCUT2D eigenvalue weighted by Gasteiger charge is 2.20. The summed E-state index contributed by atoms with van der Waals surface area (Å²) in [5.74, 6) is 0.330. The van der Waals surface area contributed by atoms with E-state index in [1.165, 1.54) is 0 Å². The van der Waals surface area contributed by atoms with Gasteiger partial charge < -0.3 is 5.73 Å². The number of benzene rings is 1. The van der Waals surface area contributed by atoms with Crippen LogP contribution in [0.1, 0.15) is 49.4 Å². The molecule has 0 radical (unpaired) electrons. The van der Waals surface area contributed by atoms with E-state index in [0.29, 0.717) is 5.92 Å². The summed E-state index contributed by atoms with van der Waals surface area (Å²) in [6, 6.07) is 3.46. The van der Waals surface area contributed by atoms with Crippen molar-refractivity contribution < 1.29 is 4.92 Å². The first kappa shape index (κ1) is 14.6. The maximum absolute atomic E-state index is 11.0. The molecule has 0 aliphatic rings. The standard InChI is InChI=1S/C14H22N2O2/c1-5-6-9(2)14(15)12-7-10(3)11(4)13(8-12)16(17)18/h7-9,14H,5-6,15H2,1-4H3. The van der Waals surface area contributed by atoms with E-state index in [1.54, 1.807) is 13.0 Å². The molecule has 0 aliphatic heterocycles. The Balaban J connectivity index is 3.14. The molecule has 2 unspecified atom stereocenters. The molecule has 1 rings (SSSR count). The van der Waals surface area contributed by atoms with Gasteiger partial charge in [-0.15, -0.1) is 0 Å². The van der Waals surface area contributed by atoms with Crippen LogP contribution >= 0.6 is 0 Å². The summed E-state index contributed by atoms with van der Waals surface area (Å²) in [5.41, 5.74) is 8.88. The number of nitro groups is 1. The zero-order valence-corrected chi connectivity index (χ0v) is 11.6. The Morgan fingerprint density at radius 2 is 2.00 bits per heavy atom. The number of nitrogens with two attached hydrogens (primary N) is 1. The minimum Gasteiger partial charge on any atom is -0.324 e. The predicted octanol–water partition coefficient (Wildman–Crippen LogP) is 3.65. The van der Waals surface area contributed by atoms with Gasteiger partial charge >= 0.3 is 0 Å². The fourth-order valence-electron chi connectivity index (χ4n) is 2.21. The fraction of sp³-hybridized carbons (Fsp3) is 0.571. The normalized spacial score (nSPS) is 14.3. The highest BCUT2D eigenvalue weighted by atomic mass is 16.6. The molecule has 2 atom stereocenters. The molecule has 0 saturated carbocycles. The van der Waals surface area contributed by atoms with Gasteiger partial charge in [-0.2, -0.15) is 0 Å². The second-order valence-corrected chi connectivity index (χ2v) is 5.03. The van der Waals surface area contributed by atoms with Gasteiger partial charge in [0, 0.05) is 17.7 Å². The van der Waals surface area contributed by atoms with Crippen LogP contribution in [0.15, 0.2) is 12.1 Å². The summed E-state index contributed by atoms with van der Waals surface area (Å²) in [5, 5.41) is 11.0. The van der Waals surface area contributed by atoms with Gasteiger partial charge in [-0.3, -0.25) is 10.1 Å². The zero-order chi connectivity index (χ0) is 13.9. The van der Waals surface area contributed by atoms with E-state index in [9.17, 15) is 10.1 Å². The lowest BCUT2D eigenvalue weighted by Crippen LogP contribution is -2.19. The fourth-order valence-corrected chi connectivity index (χ4v) is 2.21. The summed E-state index contributed by atoms with van der Waals surface area (Å²) < 4.78 is 0. The van der Waals surface area contributed by atoms with Gasteiger partial charge in [0.2, 0.25) is 0 Å². The van der Waals surface area contributed by atoms with E-state index in [1.807, 2.05) is 13.0 Å². The van der Waals surface area contributed by atoms with E-state index >= 15 is 0 Å². The summed E-state index contributed by atoms with van der Waals surface area (Å²) >= 11 is 0. The molecule has 1 aromatic rings. The van der Waals surface area contributed by atoms with Crippen LogP contribution in [0.3, 0.4) is 0 Å². The summed E-state index contributed by atoms with van der Waals surface area (Å²) in [7, 11) is 0. The topological polar surface area (TPSA) is 69.2 Å². The Kier molecular flexibility index (Phi) is 4.84. The Morgan fingerprint density at radius 1 is 1.39 bits per heavy atom. The molecule has 0 heterocycles. The molecular weight excluding hydrogens is 228 g/mol. The molecule has 1 aromatic carbocycles. The van der Waals surface area contributed by atoms with Gasteiger partial charge in [0.25, 0.3) is 5.69 Å². The van der Waals surface area contributed by atoms with Gasteiger partial charge in [0.15, 0.2) is 0 Å². The monoisotopic (exact) mass is 250 g/mol. The van der Waals surface area contributed by atoms with Crippen LogP contribution in [0, 0.1) is 29.9 Å². The molecule has 0 aliphatic carbocycles. The average molecular weight is 250 g/mol. The van der Waals surface area contributed by atoms with Gasteiger partial charge in [0.05, 0.1) is 4.92 Å². The minimum absolute atomic E-state index is 0.136. The molecule has 0 amide bonds.